The van der Waals surface area contributed by atoms with E-state index in [0.717, 1.165) is 6.42 Å². The van der Waals surface area contributed by atoms with Crippen molar-refractivity contribution in [1.29, 1.82) is 5.26 Å². The first-order chi connectivity index (χ1) is 7.72. The van der Waals surface area contributed by atoms with Crippen LogP contribution in [0.15, 0.2) is 24.3 Å². The van der Waals surface area contributed by atoms with Crippen LogP contribution >= 0.6 is 0 Å². The maximum atomic E-state index is 11.2. The van der Waals surface area contributed by atoms with Gasteiger partial charge in [0.15, 0.2) is 0 Å². The van der Waals surface area contributed by atoms with Crippen molar-refractivity contribution >= 4 is 5.91 Å². The summed E-state index contributed by atoms with van der Waals surface area (Å²) in [4.78, 5) is 11.2. The molecule has 0 radical (unpaired) electrons. The molecule has 1 aromatic carbocycles. The Hall–Kier alpha value is -1.82. The van der Waals surface area contributed by atoms with Gasteiger partial charge >= 0.3 is 0 Å². The van der Waals surface area contributed by atoms with E-state index in [1.165, 1.54) is 11.1 Å². The number of aryl methyl sites for hydroxylation is 1. The van der Waals surface area contributed by atoms with Crippen LogP contribution in [0.1, 0.15) is 24.0 Å². The molecule has 0 aliphatic carbocycles. The molecule has 0 heterocycles. The predicted octanol–water partition coefficient (Wildman–Crippen LogP) is 1.96. The predicted molar refractivity (Wildman–Crippen MR) is 62.7 cm³/mol. The Morgan fingerprint density at radius 3 is 3.00 bits per heavy atom. The zero-order valence-electron chi connectivity index (χ0n) is 9.49. The van der Waals surface area contributed by atoms with Crippen LogP contribution in [0, 0.1) is 18.3 Å². The van der Waals surface area contributed by atoms with Gasteiger partial charge in [0.2, 0.25) is 5.91 Å². The molecule has 1 amide bonds. The third-order valence-corrected chi connectivity index (χ3v) is 2.28. The number of amides is 1. The highest BCUT2D eigenvalue weighted by molar-refractivity contribution is 5.76. The molecule has 3 heteroatoms. The summed E-state index contributed by atoms with van der Waals surface area (Å²) in [5.41, 5.74) is 2.45. The van der Waals surface area contributed by atoms with Gasteiger partial charge < -0.3 is 5.32 Å². The number of carbonyl (C=O) groups excluding carboxylic acids is 1. The summed E-state index contributed by atoms with van der Waals surface area (Å²) in [5.74, 6) is -0.0470. The highest BCUT2D eigenvalue weighted by Crippen LogP contribution is 2.03. The van der Waals surface area contributed by atoms with Crippen LogP contribution in [-0.2, 0) is 11.2 Å². The first kappa shape index (κ1) is 12.3. The van der Waals surface area contributed by atoms with Crippen molar-refractivity contribution in [3.63, 3.8) is 0 Å². The maximum absolute atomic E-state index is 11.2. The lowest BCUT2D eigenvalue weighted by atomic mass is 10.1. The Morgan fingerprint density at radius 2 is 2.31 bits per heavy atom. The number of hydrogen-bond donors (Lipinski definition) is 1. The summed E-state index contributed by atoms with van der Waals surface area (Å²) < 4.78 is 0. The third-order valence-electron chi connectivity index (χ3n) is 2.28. The normalized spacial score (nSPS) is 9.50. The number of hydrogen-bond acceptors (Lipinski definition) is 2. The Labute approximate surface area is 96.1 Å². The number of nitrogens with zero attached hydrogens (tertiary/aromatic N) is 1. The molecule has 1 N–H and O–H groups in total. The van der Waals surface area contributed by atoms with E-state index in [9.17, 15) is 4.79 Å². The largest absolute Gasteiger partial charge is 0.356 e. The van der Waals surface area contributed by atoms with Gasteiger partial charge in [0.25, 0.3) is 0 Å². The smallest absolute Gasteiger partial charge is 0.221 e. The molecule has 0 aromatic heterocycles. The lowest BCUT2D eigenvalue weighted by Gasteiger charge is -2.04. The quantitative estimate of drug-likeness (QED) is 0.818. The van der Waals surface area contributed by atoms with Crippen LogP contribution in [-0.4, -0.2) is 12.5 Å². The summed E-state index contributed by atoms with van der Waals surface area (Å²) in [6, 6.07) is 10.2. The fourth-order valence-electron chi connectivity index (χ4n) is 1.47. The molecule has 0 bridgehead atoms. The van der Waals surface area contributed by atoms with Crippen molar-refractivity contribution in [2.24, 2.45) is 0 Å². The summed E-state index contributed by atoms with van der Waals surface area (Å²) in [6.45, 7) is 2.68. The summed E-state index contributed by atoms with van der Waals surface area (Å²) >= 11 is 0. The van der Waals surface area contributed by atoms with Crippen molar-refractivity contribution in [2.75, 3.05) is 6.54 Å². The second kappa shape index (κ2) is 6.62. The van der Waals surface area contributed by atoms with Gasteiger partial charge in [-0.15, -0.1) is 0 Å². The molecule has 0 aliphatic rings. The lowest BCUT2D eigenvalue weighted by Crippen LogP contribution is -2.25. The zero-order valence-corrected chi connectivity index (χ0v) is 9.49. The van der Waals surface area contributed by atoms with E-state index in [2.05, 4.69) is 30.4 Å². The van der Waals surface area contributed by atoms with Gasteiger partial charge in [0.1, 0.15) is 0 Å². The van der Waals surface area contributed by atoms with Crippen molar-refractivity contribution in [1.82, 2.24) is 5.32 Å². The van der Waals surface area contributed by atoms with Gasteiger partial charge in [-0.3, -0.25) is 4.79 Å². The van der Waals surface area contributed by atoms with E-state index in [4.69, 9.17) is 5.26 Å². The van der Waals surface area contributed by atoms with Gasteiger partial charge in [-0.2, -0.15) is 5.26 Å². The maximum Gasteiger partial charge on any atom is 0.221 e. The van der Waals surface area contributed by atoms with Crippen LogP contribution in [0.2, 0.25) is 0 Å². The molecule has 3 nitrogen and oxygen atoms in total. The lowest BCUT2D eigenvalue weighted by molar-refractivity contribution is -0.120. The minimum absolute atomic E-state index is 0.0470. The topological polar surface area (TPSA) is 52.9 Å². The van der Waals surface area contributed by atoms with Gasteiger partial charge in [-0.1, -0.05) is 29.8 Å². The molecule has 0 saturated carbocycles. The van der Waals surface area contributed by atoms with Crippen LogP contribution in [0.4, 0.5) is 0 Å². The number of nitriles is 1. The highest BCUT2D eigenvalue weighted by atomic mass is 16.1. The molecule has 0 saturated heterocycles. The molecule has 0 spiro atoms. The molecule has 1 aromatic rings. The number of nitrogens with one attached hydrogen (secondary N) is 1. The fourth-order valence-corrected chi connectivity index (χ4v) is 1.47. The third kappa shape index (κ3) is 4.61. The molecule has 16 heavy (non-hydrogen) atoms. The van der Waals surface area contributed by atoms with Gasteiger partial charge in [0.05, 0.1) is 6.07 Å². The zero-order chi connectivity index (χ0) is 11.8. The molecular weight excluding hydrogens is 200 g/mol. The van der Waals surface area contributed by atoms with E-state index in [-0.39, 0.29) is 12.3 Å². The molecule has 0 atom stereocenters. The Kier molecular flexibility index (Phi) is 5.07. The van der Waals surface area contributed by atoms with Crippen molar-refractivity contribution in [3.8, 4) is 6.07 Å². The molecule has 0 aliphatic heterocycles. The SMILES string of the molecule is Cc1cccc(CCNC(=O)CCC#N)c1. The van der Waals surface area contributed by atoms with Gasteiger partial charge in [0, 0.05) is 19.4 Å². The van der Waals surface area contributed by atoms with Crippen LogP contribution in [0.25, 0.3) is 0 Å². The fraction of sp³-hybridized carbons (Fsp3) is 0.385. The Morgan fingerprint density at radius 1 is 1.50 bits per heavy atom. The summed E-state index contributed by atoms with van der Waals surface area (Å²) in [7, 11) is 0. The van der Waals surface area contributed by atoms with Crippen LogP contribution in [0.5, 0.6) is 0 Å². The summed E-state index contributed by atoms with van der Waals surface area (Å²) in [6.07, 6.45) is 1.42. The second-order valence-electron chi connectivity index (χ2n) is 3.75. The number of carbonyl (C=O) groups is 1. The molecule has 84 valence electrons. The van der Waals surface area contributed by atoms with E-state index >= 15 is 0 Å². The average molecular weight is 216 g/mol. The molecule has 0 unspecified atom stereocenters. The minimum Gasteiger partial charge on any atom is -0.356 e. The van der Waals surface area contributed by atoms with E-state index < -0.39 is 0 Å². The van der Waals surface area contributed by atoms with Crippen LogP contribution < -0.4 is 5.32 Å². The second-order valence-corrected chi connectivity index (χ2v) is 3.75. The standard InChI is InChI=1S/C13H16N2O/c1-11-4-2-5-12(10-11)7-9-15-13(16)6-3-8-14/h2,4-5,10H,3,6-7,9H2,1H3,(H,15,16). The first-order valence-corrected chi connectivity index (χ1v) is 5.41. The number of benzene rings is 1. The van der Waals surface area contributed by atoms with Crippen molar-refractivity contribution < 1.29 is 4.79 Å². The minimum atomic E-state index is -0.0470. The van der Waals surface area contributed by atoms with E-state index in [0.29, 0.717) is 13.0 Å². The summed E-state index contributed by atoms with van der Waals surface area (Å²) in [5, 5.41) is 11.1. The van der Waals surface area contributed by atoms with E-state index in [1.807, 2.05) is 12.1 Å². The van der Waals surface area contributed by atoms with Gasteiger partial charge in [-0.05, 0) is 18.9 Å². The van der Waals surface area contributed by atoms with E-state index in [1.54, 1.807) is 0 Å². The Bertz CT molecular complexity index is 393. The average Bonchev–Trinajstić information content (AvgIpc) is 2.26. The van der Waals surface area contributed by atoms with Crippen molar-refractivity contribution in [2.45, 2.75) is 26.2 Å². The molecule has 1 rings (SSSR count). The first-order valence-electron chi connectivity index (χ1n) is 5.41. The molecular formula is C13H16N2O. The van der Waals surface area contributed by atoms with Gasteiger partial charge in [-0.25, -0.2) is 0 Å². The number of rotatable bonds is 5. The van der Waals surface area contributed by atoms with Crippen molar-refractivity contribution in [3.05, 3.63) is 35.4 Å². The monoisotopic (exact) mass is 216 g/mol. The Balaban J connectivity index is 2.26. The van der Waals surface area contributed by atoms with Crippen LogP contribution in [0.3, 0.4) is 0 Å². The molecule has 0 fully saturated rings. The highest BCUT2D eigenvalue weighted by Gasteiger charge is 1.99.